The van der Waals surface area contributed by atoms with Crippen LogP contribution in [0, 0.1) is 23.0 Å². The first-order valence-electron chi connectivity index (χ1n) is 7.28. The van der Waals surface area contributed by atoms with Gasteiger partial charge in [0.2, 0.25) is 5.91 Å². The lowest BCUT2D eigenvalue weighted by atomic mass is 9.83. The Balaban J connectivity index is 0.00000242. The number of nitrogens with two attached hydrogens (primary N) is 1. The largest absolute Gasteiger partial charge is 0.327 e. The number of carbonyl (C=O) groups excluding carboxylic acids is 1. The summed E-state index contributed by atoms with van der Waals surface area (Å²) in [6.45, 7) is 1.64. The van der Waals surface area contributed by atoms with Crippen molar-refractivity contribution in [2.45, 2.75) is 45.1 Å². The van der Waals surface area contributed by atoms with E-state index < -0.39 is 4.92 Å². The molecule has 1 aromatic rings. The number of rotatable bonds is 4. The Labute approximate surface area is 136 Å². The Bertz CT molecular complexity index is 551. The highest BCUT2D eigenvalue weighted by atomic mass is 35.5. The molecule has 1 aliphatic rings. The number of nitrogens with one attached hydrogen (secondary N) is 1. The summed E-state index contributed by atoms with van der Waals surface area (Å²) in [5.74, 6) is 0.0821. The zero-order valence-corrected chi connectivity index (χ0v) is 13.4. The first-order valence-corrected chi connectivity index (χ1v) is 7.28. The van der Waals surface area contributed by atoms with E-state index in [1.54, 1.807) is 19.1 Å². The molecule has 0 saturated heterocycles. The molecule has 0 heterocycles. The van der Waals surface area contributed by atoms with Crippen LogP contribution in [0.1, 0.15) is 37.7 Å². The highest BCUT2D eigenvalue weighted by molar-refractivity contribution is 5.92. The third kappa shape index (κ3) is 4.42. The summed E-state index contributed by atoms with van der Waals surface area (Å²) in [6.07, 6.45) is 4.56. The van der Waals surface area contributed by atoms with Gasteiger partial charge in [-0.3, -0.25) is 14.9 Å². The number of anilines is 1. The van der Waals surface area contributed by atoms with Gasteiger partial charge in [-0.05, 0) is 31.7 Å². The number of hydrogen-bond donors (Lipinski definition) is 2. The van der Waals surface area contributed by atoms with Crippen molar-refractivity contribution in [3.8, 4) is 0 Å². The van der Waals surface area contributed by atoms with Gasteiger partial charge < -0.3 is 11.1 Å². The van der Waals surface area contributed by atoms with Gasteiger partial charge in [-0.2, -0.15) is 0 Å². The molecule has 2 atom stereocenters. The molecule has 2 unspecified atom stereocenters. The predicted octanol–water partition coefficient (Wildman–Crippen LogP) is 3.17. The van der Waals surface area contributed by atoms with E-state index in [4.69, 9.17) is 5.73 Å². The third-order valence-corrected chi connectivity index (χ3v) is 4.19. The van der Waals surface area contributed by atoms with E-state index >= 15 is 0 Å². The van der Waals surface area contributed by atoms with Crippen molar-refractivity contribution >= 4 is 29.7 Å². The maximum atomic E-state index is 12.1. The summed E-state index contributed by atoms with van der Waals surface area (Å²) in [6, 6.07) is 4.77. The smallest absolute Gasteiger partial charge is 0.274 e. The lowest BCUT2D eigenvalue weighted by molar-refractivity contribution is -0.385. The van der Waals surface area contributed by atoms with Crippen LogP contribution in [0.5, 0.6) is 0 Å². The number of benzene rings is 1. The summed E-state index contributed by atoms with van der Waals surface area (Å²) in [4.78, 5) is 22.6. The maximum Gasteiger partial charge on any atom is 0.274 e. The van der Waals surface area contributed by atoms with Crippen LogP contribution in [0.2, 0.25) is 0 Å². The molecule has 1 saturated carbocycles. The van der Waals surface area contributed by atoms with Crippen molar-refractivity contribution in [1.29, 1.82) is 0 Å². The molecule has 0 radical (unpaired) electrons. The quantitative estimate of drug-likeness (QED) is 0.655. The number of halogens is 1. The minimum atomic E-state index is -0.442. The second kappa shape index (κ2) is 8.10. The standard InChI is InChI=1S/C15H21N3O3.ClH/c1-10-13(7-4-8-14(10)18(20)21)17-15(19)9-11-5-2-3-6-12(11)16;/h4,7-8,11-12H,2-3,5-6,9,16H2,1H3,(H,17,19);1H. The number of hydrogen-bond acceptors (Lipinski definition) is 4. The average molecular weight is 328 g/mol. The fourth-order valence-corrected chi connectivity index (χ4v) is 2.89. The van der Waals surface area contributed by atoms with E-state index in [2.05, 4.69) is 5.32 Å². The first-order chi connectivity index (χ1) is 9.99. The number of amides is 1. The maximum absolute atomic E-state index is 12.1. The van der Waals surface area contributed by atoms with E-state index in [9.17, 15) is 14.9 Å². The molecule has 3 N–H and O–H groups in total. The second-order valence-electron chi connectivity index (χ2n) is 5.67. The van der Waals surface area contributed by atoms with E-state index in [-0.39, 0.29) is 36.0 Å². The topological polar surface area (TPSA) is 98.3 Å². The van der Waals surface area contributed by atoms with Crippen LogP contribution in [0.15, 0.2) is 18.2 Å². The molecule has 0 aromatic heterocycles. The Morgan fingerprint density at radius 2 is 2.09 bits per heavy atom. The highest BCUT2D eigenvalue weighted by Crippen LogP contribution is 2.28. The third-order valence-electron chi connectivity index (χ3n) is 4.19. The van der Waals surface area contributed by atoms with E-state index in [0.717, 1.165) is 25.7 Å². The lowest BCUT2D eigenvalue weighted by Gasteiger charge is -2.28. The van der Waals surface area contributed by atoms with Crippen LogP contribution < -0.4 is 11.1 Å². The summed E-state index contributed by atoms with van der Waals surface area (Å²) in [5.41, 5.74) is 7.04. The van der Waals surface area contributed by atoms with Gasteiger partial charge >= 0.3 is 0 Å². The predicted molar refractivity (Wildman–Crippen MR) is 88.3 cm³/mol. The molecular weight excluding hydrogens is 306 g/mol. The monoisotopic (exact) mass is 327 g/mol. The van der Waals surface area contributed by atoms with Crippen molar-refractivity contribution in [2.24, 2.45) is 11.7 Å². The van der Waals surface area contributed by atoms with Gasteiger partial charge in [-0.1, -0.05) is 18.9 Å². The van der Waals surface area contributed by atoms with Crippen LogP contribution >= 0.6 is 12.4 Å². The zero-order valence-electron chi connectivity index (χ0n) is 12.6. The van der Waals surface area contributed by atoms with Gasteiger partial charge in [0.1, 0.15) is 0 Å². The van der Waals surface area contributed by atoms with E-state index in [1.165, 1.54) is 6.07 Å². The van der Waals surface area contributed by atoms with Crippen molar-refractivity contribution in [3.05, 3.63) is 33.9 Å². The molecule has 6 nitrogen and oxygen atoms in total. The van der Waals surface area contributed by atoms with Gasteiger partial charge in [0, 0.05) is 18.5 Å². The van der Waals surface area contributed by atoms with Crippen LogP contribution in [0.4, 0.5) is 11.4 Å². The number of nitro benzene ring substituents is 1. The summed E-state index contributed by atoms with van der Waals surface area (Å²) in [7, 11) is 0. The molecule has 1 amide bonds. The summed E-state index contributed by atoms with van der Waals surface area (Å²) >= 11 is 0. The molecule has 1 fully saturated rings. The first kappa shape index (κ1) is 18.4. The fraction of sp³-hybridized carbons (Fsp3) is 0.533. The molecule has 22 heavy (non-hydrogen) atoms. The SMILES string of the molecule is Cc1c(NC(=O)CC2CCCCC2N)cccc1[N+](=O)[O-].Cl. The van der Waals surface area contributed by atoms with Gasteiger partial charge in [-0.15, -0.1) is 12.4 Å². The van der Waals surface area contributed by atoms with Crippen molar-refractivity contribution in [1.82, 2.24) is 0 Å². The van der Waals surface area contributed by atoms with Crippen molar-refractivity contribution in [2.75, 3.05) is 5.32 Å². The van der Waals surface area contributed by atoms with Crippen LogP contribution in [-0.2, 0) is 4.79 Å². The number of nitrogens with zero attached hydrogens (tertiary/aromatic N) is 1. The summed E-state index contributed by atoms with van der Waals surface area (Å²) in [5, 5.41) is 13.7. The van der Waals surface area contributed by atoms with Crippen LogP contribution in [-0.4, -0.2) is 16.9 Å². The Morgan fingerprint density at radius 3 is 2.73 bits per heavy atom. The molecular formula is C15H22ClN3O3. The number of carbonyl (C=O) groups is 1. The molecule has 1 aliphatic carbocycles. The van der Waals surface area contributed by atoms with Gasteiger partial charge in [0.25, 0.3) is 5.69 Å². The van der Waals surface area contributed by atoms with Crippen molar-refractivity contribution < 1.29 is 9.72 Å². The molecule has 0 bridgehead atoms. The van der Waals surface area contributed by atoms with Crippen LogP contribution in [0.3, 0.4) is 0 Å². The molecule has 0 aliphatic heterocycles. The molecule has 7 heteroatoms. The van der Waals surface area contributed by atoms with E-state index in [1.807, 2.05) is 0 Å². The molecule has 1 aromatic carbocycles. The highest BCUT2D eigenvalue weighted by Gasteiger charge is 2.24. The fourth-order valence-electron chi connectivity index (χ4n) is 2.89. The van der Waals surface area contributed by atoms with Crippen LogP contribution in [0.25, 0.3) is 0 Å². The molecule has 122 valence electrons. The molecule has 2 rings (SSSR count). The number of nitro groups is 1. The van der Waals surface area contributed by atoms with Gasteiger partial charge in [0.05, 0.1) is 16.2 Å². The zero-order chi connectivity index (χ0) is 15.4. The normalized spacial score (nSPS) is 20.8. The molecule has 0 spiro atoms. The Morgan fingerprint density at radius 1 is 1.41 bits per heavy atom. The van der Waals surface area contributed by atoms with Crippen molar-refractivity contribution in [3.63, 3.8) is 0 Å². The average Bonchev–Trinajstić information content (AvgIpc) is 2.43. The summed E-state index contributed by atoms with van der Waals surface area (Å²) < 4.78 is 0. The Kier molecular flexibility index (Phi) is 6.77. The van der Waals surface area contributed by atoms with Gasteiger partial charge in [-0.25, -0.2) is 0 Å². The van der Waals surface area contributed by atoms with E-state index in [0.29, 0.717) is 17.7 Å². The Hall–Kier alpha value is -1.66. The second-order valence-corrected chi connectivity index (χ2v) is 5.67. The minimum absolute atomic E-state index is 0. The minimum Gasteiger partial charge on any atom is -0.327 e. The lowest BCUT2D eigenvalue weighted by Crippen LogP contribution is -2.35. The van der Waals surface area contributed by atoms with Gasteiger partial charge in [0.15, 0.2) is 0 Å².